The van der Waals surface area contributed by atoms with E-state index in [1.165, 1.54) is 55.3 Å². The van der Waals surface area contributed by atoms with Gasteiger partial charge in [0.1, 0.15) is 0 Å². The molecule has 0 aliphatic heterocycles. The maximum Gasteiger partial charge on any atom is 0.161 e. The summed E-state index contributed by atoms with van der Waals surface area (Å²) in [6.07, 6.45) is 0. The Morgan fingerprint density at radius 2 is 0.885 bits per heavy atom. The largest absolute Gasteiger partial charge is 0.228 e. The van der Waals surface area contributed by atoms with Crippen molar-refractivity contribution in [2.24, 2.45) is 0 Å². The Morgan fingerprint density at radius 3 is 1.69 bits per heavy atom. The van der Waals surface area contributed by atoms with Crippen LogP contribution in [0.25, 0.3) is 88.5 Å². The highest BCUT2D eigenvalue weighted by Crippen LogP contribution is 2.57. The molecule has 0 radical (unpaired) electrons. The first-order valence-corrected chi connectivity index (χ1v) is 21.0. The van der Waals surface area contributed by atoms with Crippen LogP contribution in [0.5, 0.6) is 0 Å². The molecule has 10 aromatic carbocycles. The Labute approximate surface area is 355 Å². The summed E-state index contributed by atoms with van der Waals surface area (Å²) in [5.41, 5.74) is 15.8. The highest BCUT2D eigenvalue weighted by Gasteiger charge is 2.46. The van der Waals surface area contributed by atoms with E-state index in [9.17, 15) is 0 Å². The Hall–Kier alpha value is -7.94. The molecule has 0 unspecified atom stereocenters. The van der Waals surface area contributed by atoms with Crippen LogP contribution in [-0.4, -0.2) is 9.97 Å². The van der Waals surface area contributed by atoms with Gasteiger partial charge in [0.05, 0.1) is 16.6 Å². The maximum absolute atomic E-state index is 5.46. The average molecular weight is 775 g/mol. The molecular weight excluding hydrogens is 737 g/mol. The van der Waals surface area contributed by atoms with E-state index in [4.69, 9.17) is 9.97 Å². The summed E-state index contributed by atoms with van der Waals surface area (Å²) >= 11 is 0. The highest BCUT2D eigenvalue weighted by atomic mass is 14.9. The van der Waals surface area contributed by atoms with Crippen molar-refractivity contribution >= 4 is 32.4 Å². The van der Waals surface area contributed by atoms with Crippen molar-refractivity contribution in [1.29, 1.82) is 0 Å². The quantitative estimate of drug-likeness (QED) is 0.168. The highest BCUT2D eigenvalue weighted by molar-refractivity contribution is 6.07. The van der Waals surface area contributed by atoms with Crippen LogP contribution in [0.15, 0.2) is 231 Å². The fourth-order valence-corrected chi connectivity index (χ4v) is 10.0. The lowest BCUT2D eigenvalue weighted by atomic mass is 9.67. The number of para-hydroxylation sites is 1. The number of hydrogen-bond donors (Lipinski definition) is 0. The van der Waals surface area contributed by atoms with Crippen LogP contribution >= 0.6 is 0 Å². The summed E-state index contributed by atoms with van der Waals surface area (Å²) in [7, 11) is 0. The van der Waals surface area contributed by atoms with Gasteiger partial charge in [-0.15, -0.1) is 0 Å². The Bertz CT molecular complexity index is 3420. The number of fused-ring (bicyclic) bond motifs is 6. The van der Waals surface area contributed by atoms with E-state index in [0.29, 0.717) is 5.82 Å². The summed E-state index contributed by atoms with van der Waals surface area (Å²) in [6.45, 7) is 0. The average Bonchev–Trinajstić information content (AvgIpc) is 3.63. The zero-order chi connectivity index (χ0) is 40.3. The molecule has 1 heterocycles. The van der Waals surface area contributed by atoms with E-state index in [1.807, 2.05) is 0 Å². The summed E-state index contributed by atoms with van der Waals surface area (Å²) in [5, 5.41) is 5.72. The smallest absolute Gasteiger partial charge is 0.161 e. The summed E-state index contributed by atoms with van der Waals surface area (Å²) in [4.78, 5) is 10.8. The zero-order valence-corrected chi connectivity index (χ0v) is 33.3. The summed E-state index contributed by atoms with van der Waals surface area (Å²) in [5.74, 6) is 0.711. The van der Waals surface area contributed by atoms with E-state index in [0.717, 1.165) is 49.6 Å². The van der Waals surface area contributed by atoms with Crippen LogP contribution < -0.4 is 0 Å². The molecule has 1 aromatic heterocycles. The van der Waals surface area contributed by atoms with Crippen molar-refractivity contribution in [3.8, 4) is 56.0 Å². The molecule has 0 saturated heterocycles. The lowest BCUT2D eigenvalue weighted by Gasteiger charge is -2.34. The van der Waals surface area contributed by atoms with Gasteiger partial charge in [0.15, 0.2) is 5.82 Å². The fourth-order valence-electron chi connectivity index (χ4n) is 10.0. The van der Waals surface area contributed by atoms with E-state index >= 15 is 0 Å². The van der Waals surface area contributed by atoms with Crippen molar-refractivity contribution < 1.29 is 0 Å². The third-order valence-corrected chi connectivity index (χ3v) is 12.7. The normalized spacial score (nSPS) is 12.7. The summed E-state index contributed by atoms with van der Waals surface area (Å²) in [6, 6.07) is 83.6. The van der Waals surface area contributed by atoms with Gasteiger partial charge in [0, 0.05) is 16.5 Å². The first-order chi connectivity index (χ1) is 30.2. The molecule has 0 bridgehead atoms. The lowest BCUT2D eigenvalue weighted by Crippen LogP contribution is -2.28. The van der Waals surface area contributed by atoms with E-state index in [1.54, 1.807) is 0 Å². The van der Waals surface area contributed by atoms with E-state index in [-0.39, 0.29) is 0 Å². The van der Waals surface area contributed by atoms with Crippen LogP contribution in [0.2, 0.25) is 0 Å². The van der Waals surface area contributed by atoms with Gasteiger partial charge < -0.3 is 0 Å². The third kappa shape index (κ3) is 5.57. The van der Waals surface area contributed by atoms with Gasteiger partial charge in [0.2, 0.25) is 0 Å². The van der Waals surface area contributed by atoms with Crippen molar-refractivity contribution in [3.63, 3.8) is 0 Å². The van der Waals surface area contributed by atoms with Crippen LogP contribution in [-0.2, 0) is 5.41 Å². The predicted molar refractivity (Wildman–Crippen MR) is 254 cm³/mol. The standard InChI is InChI=1S/C59H38N2/c1-4-18-39(19-5-1)40-21-16-23-43(34-40)57-50-30-13-15-33-56(50)60-58(61-57)53-36-44(35-41-20-10-11-28-47(41)53)48-31-17-22-42-37-55-52(38-51(42)48)49-29-12-14-32-54(49)59(55,45-24-6-2-7-25-45)46-26-8-3-9-27-46/h1-38H. The van der Waals surface area contributed by atoms with Crippen molar-refractivity contribution in [2.75, 3.05) is 0 Å². The molecule has 0 amide bonds. The molecule has 0 saturated carbocycles. The predicted octanol–water partition coefficient (Wildman–Crippen LogP) is 15.0. The Kier molecular flexibility index (Phi) is 8.11. The second-order valence-electron chi connectivity index (χ2n) is 16.1. The number of benzene rings is 10. The first-order valence-electron chi connectivity index (χ1n) is 21.0. The maximum atomic E-state index is 5.46. The molecule has 1 aliphatic carbocycles. The molecular formula is C59H38N2. The second-order valence-corrected chi connectivity index (χ2v) is 16.1. The number of hydrogen-bond acceptors (Lipinski definition) is 2. The minimum atomic E-state index is -0.458. The summed E-state index contributed by atoms with van der Waals surface area (Å²) < 4.78 is 0. The Morgan fingerprint density at radius 1 is 0.295 bits per heavy atom. The topological polar surface area (TPSA) is 25.8 Å². The number of rotatable bonds is 6. The fraction of sp³-hybridized carbons (Fsp3) is 0.0169. The number of nitrogens with zero attached hydrogens (tertiary/aromatic N) is 2. The molecule has 0 N–H and O–H groups in total. The monoisotopic (exact) mass is 774 g/mol. The first kappa shape index (κ1) is 35.0. The molecule has 0 atom stereocenters. The van der Waals surface area contributed by atoms with Gasteiger partial charge in [-0.1, -0.05) is 194 Å². The minimum absolute atomic E-state index is 0.458. The zero-order valence-electron chi connectivity index (χ0n) is 33.3. The molecule has 2 heteroatoms. The van der Waals surface area contributed by atoms with E-state index < -0.39 is 5.41 Å². The minimum Gasteiger partial charge on any atom is -0.228 e. The van der Waals surface area contributed by atoms with Crippen LogP contribution in [0.1, 0.15) is 22.3 Å². The Balaban J connectivity index is 1.08. The molecule has 284 valence electrons. The van der Waals surface area contributed by atoms with Gasteiger partial charge in [-0.2, -0.15) is 0 Å². The van der Waals surface area contributed by atoms with E-state index in [2.05, 4.69) is 231 Å². The molecule has 1 aliphatic rings. The van der Waals surface area contributed by atoms with Crippen LogP contribution in [0, 0.1) is 0 Å². The van der Waals surface area contributed by atoms with Gasteiger partial charge in [-0.25, -0.2) is 9.97 Å². The molecule has 2 nitrogen and oxygen atoms in total. The van der Waals surface area contributed by atoms with Crippen molar-refractivity contribution in [3.05, 3.63) is 253 Å². The molecule has 0 fully saturated rings. The SMILES string of the molecule is c1ccc(-c2cccc(-c3nc(-c4cc(-c5cccc6cc7c(cc56)-c5ccccc5C7(c5ccccc5)c5ccccc5)cc5ccccc45)nc4ccccc34)c2)cc1. The van der Waals surface area contributed by atoms with Crippen molar-refractivity contribution in [1.82, 2.24) is 9.97 Å². The van der Waals surface area contributed by atoms with Gasteiger partial charge in [-0.3, -0.25) is 0 Å². The third-order valence-electron chi connectivity index (χ3n) is 12.7. The molecule has 11 aromatic rings. The van der Waals surface area contributed by atoms with Crippen LogP contribution in [0.4, 0.5) is 0 Å². The second kappa shape index (κ2) is 14.1. The molecule has 0 spiro atoms. The lowest BCUT2D eigenvalue weighted by molar-refractivity contribution is 0.769. The molecule has 61 heavy (non-hydrogen) atoms. The van der Waals surface area contributed by atoms with Gasteiger partial charge in [-0.05, 0) is 114 Å². The van der Waals surface area contributed by atoms with Crippen molar-refractivity contribution in [2.45, 2.75) is 5.41 Å². The number of aromatic nitrogens is 2. The van der Waals surface area contributed by atoms with Gasteiger partial charge >= 0.3 is 0 Å². The van der Waals surface area contributed by atoms with Crippen LogP contribution in [0.3, 0.4) is 0 Å². The molecule has 12 rings (SSSR count). The van der Waals surface area contributed by atoms with Gasteiger partial charge in [0.25, 0.3) is 0 Å².